The molecule has 1 N–H and O–H groups in total. The number of benzene rings is 1. The van der Waals surface area contributed by atoms with E-state index in [9.17, 15) is 0 Å². The van der Waals surface area contributed by atoms with Gasteiger partial charge in [-0.15, -0.1) is 0 Å². The number of nitrogens with zero attached hydrogens (tertiary/aromatic N) is 1. The molecule has 3 heteroatoms. The van der Waals surface area contributed by atoms with Gasteiger partial charge in [0.15, 0.2) is 0 Å². The predicted octanol–water partition coefficient (Wildman–Crippen LogP) is 2.44. The zero-order chi connectivity index (χ0) is 13.5. The minimum atomic E-state index is 0.758. The average Bonchev–Trinajstić information content (AvgIpc) is 2.41. The van der Waals surface area contributed by atoms with Gasteiger partial charge in [0.25, 0.3) is 0 Å². The van der Waals surface area contributed by atoms with Crippen molar-refractivity contribution in [3.63, 3.8) is 0 Å². The monoisotopic (exact) mass is 260 g/mol. The molecule has 0 aliphatic carbocycles. The van der Waals surface area contributed by atoms with Crippen molar-refractivity contribution in [1.29, 1.82) is 0 Å². The van der Waals surface area contributed by atoms with Gasteiger partial charge in [-0.1, -0.05) is 29.8 Å². The number of nitrogens with one attached hydrogen (secondary N) is 1. The van der Waals surface area contributed by atoms with Crippen molar-refractivity contribution in [3.8, 4) is 5.75 Å². The quantitative estimate of drug-likeness (QED) is 0.795. The Morgan fingerprint density at radius 2 is 2.16 bits per heavy atom. The number of hydrogen-bond donors (Lipinski definition) is 1. The van der Waals surface area contributed by atoms with Crippen LogP contribution in [-0.4, -0.2) is 38.2 Å². The highest BCUT2D eigenvalue weighted by Gasteiger charge is 2.10. The fraction of sp³-hybridized carbons (Fsp3) is 0.500. The van der Waals surface area contributed by atoms with E-state index in [1.165, 1.54) is 17.6 Å². The van der Waals surface area contributed by atoms with E-state index >= 15 is 0 Å². The Labute approximate surface area is 116 Å². The van der Waals surface area contributed by atoms with Crippen LogP contribution in [0.4, 0.5) is 0 Å². The van der Waals surface area contributed by atoms with Crippen LogP contribution < -0.4 is 10.1 Å². The molecule has 0 fully saturated rings. The number of rotatable bonds is 6. The molecule has 3 nitrogen and oxygen atoms in total. The molecule has 0 saturated carbocycles. The number of hydrogen-bond acceptors (Lipinski definition) is 3. The third kappa shape index (κ3) is 4.37. The van der Waals surface area contributed by atoms with Gasteiger partial charge in [-0.2, -0.15) is 0 Å². The second kappa shape index (κ2) is 7.31. The summed E-state index contributed by atoms with van der Waals surface area (Å²) in [7, 11) is 1.96. The highest BCUT2D eigenvalue weighted by atomic mass is 16.5. The highest BCUT2D eigenvalue weighted by Crippen LogP contribution is 2.17. The summed E-state index contributed by atoms with van der Waals surface area (Å²) >= 11 is 0. The van der Waals surface area contributed by atoms with Gasteiger partial charge in [-0.3, -0.25) is 4.90 Å². The minimum absolute atomic E-state index is 0.758. The summed E-state index contributed by atoms with van der Waals surface area (Å²) in [5.74, 6) is 1.00. The zero-order valence-corrected chi connectivity index (χ0v) is 12.0. The summed E-state index contributed by atoms with van der Waals surface area (Å²) in [6.45, 7) is 7.05. The Hall–Kier alpha value is -1.32. The maximum absolute atomic E-state index is 5.93. The normalized spacial score (nSPS) is 16.2. The zero-order valence-electron chi connectivity index (χ0n) is 12.0. The molecule has 104 valence electrons. The maximum atomic E-state index is 5.93. The number of para-hydroxylation sites is 1. The predicted molar refractivity (Wildman–Crippen MR) is 79.5 cm³/mol. The van der Waals surface area contributed by atoms with Crippen molar-refractivity contribution in [1.82, 2.24) is 10.2 Å². The summed E-state index contributed by atoms with van der Waals surface area (Å²) < 4.78 is 5.93. The average molecular weight is 260 g/mol. The lowest BCUT2D eigenvalue weighted by molar-refractivity contribution is 0.216. The topological polar surface area (TPSA) is 24.5 Å². The van der Waals surface area contributed by atoms with Crippen LogP contribution in [0.2, 0.25) is 0 Å². The molecular weight excluding hydrogens is 236 g/mol. The van der Waals surface area contributed by atoms with E-state index in [-0.39, 0.29) is 0 Å². The van der Waals surface area contributed by atoms with Crippen LogP contribution in [0.5, 0.6) is 5.75 Å². The van der Waals surface area contributed by atoms with Crippen molar-refractivity contribution in [2.75, 3.05) is 33.3 Å². The van der Waals surface area contributed by atoms with Gasteiger partial charge in [-0.25, -0.2) is 0 Å². The first-order valence-corrected chi connectivity index (χ1v) is 7.03. The maximum Gasteiger partial charge on any atom is 0.123 e. The second-order valence-corrected chi connectivity index (χ2v) is 5.10. The Bertz CT molecular complexity index is 429. The minimum Gasteiger partial charge on any atom is -0.492 e. The van der Waals surface area contributed by atoms with E-state index < -0.39 is 0 Å². The first-order valence-electron chi connectivity index (χ1n) is 7.03. The molecule has 0 spiro atoms. The summed E-state index contributed by atoms with van der Waals surface area (Å²) in [5, 5.41) is 3.17. The van der Waals surface area contributed by atoms with Gasteiger partial charge in [0.1, 0.15) is 12.4 Å². The van der Waals surface area contributed by atoms with Gasteiger partial charge >= 0.3 is 0 Å². The Morgan fingerprint density at radius 1 is 1.32 bits per heavy atom. The van der Waals surface area contributed by atoms with E-state index in [2.05, 4.69) is 35.3 Å². The molecule has 1 heterocycles. The molecule has 0 radical (unpaired) electrons. The van der Waals surface area contributed by atoms with E-state index in [4.69, 9.17) is 4.74 Å². The summed E-state index contributed by atoms with van der Waals surface area (Å²) in [5.41, 5.74) is 2.70. The van der Waals surface area contributed by atoms with Crippen LogP contribution in [0.1, 0.15) is 18.9 Å². The van der Waals surface area contributed by atoms with Gasteiger partial charge < -0.3 is 10.1 Å². The highest BCUT2D eigenvalue weighted by molar-refractivity contribution is 5.33. The second-order valence-electron chi connectivity index (χ2n) is 5.10. The molecule has 0 atom stereocenters. The molecule has 1 aromatic rings. The Balaban J connectivity index is 1.81. The van der Waals surface area contributed by atoms with Crippen LogP contribution in [0.15, 0.2) is 35.9 Å². The SMILES string of the molecule is CNCc1ccccc1OCCN1CCC=C(C)C1. The molecule has 0 unspecified atom stereocenters. The smallest absolute Gasteiger partial charge is 0.123 e. The first kappa shape index (κ1) is 14.1. The first-order chi connectivity index (χ1) is 9.29. The van der Waals surface area contributed by atoms with Gasteiger partial charge in [0.05, 0.1) is 0 Å². The van der Waals surface area contributed by atoms with Crippen molar-refractivity contribution in [2.24, 2.45) is 0 Å². The van der Waals surface area contributed by atoms with Crippen LogP contribution >= 0.6 is 0 Å². The molecule has 2 rings (SSSR count). The van der Waals surface area contributed by atoms with Crippen LogP contribution in [0, 0.1) is 0 Å². The van der Waals surface area contributed by atoms with Crippen LogP contribution in [0.25, 0.3) is 0 Å². The third-order valence-electron chi connectivity index (χ3n) is 3.42. The van der Waals surface area contributed by atoms with Gasteiger partial charge in [0.2, 0.25) is 0 Å². The van der Waals surface area contributed by atoms with Crippen LogP contribution in [-0.2, 0) is 6.54 Å². The molecule has 1 aliphatic heterocycles. The molecule has 0 aromatic heterocycles. The largest absolute Gasteiger partial charge is 0.492 e. The van der Waals surface area contributed by atoms with E-state index in [0.717, 1.165) is 38.5 Å². The van der Waals surface area contributed by atoms with E-state index in [0.29, 0.717) is 0 Å². The van der Waals surface area contributed by atoms with Crippen molar-refractivity contribution < 1.29 is 4.74 Å². The summed E-state index contributed by atoms with van der Waals surface area (Å²) in [6, 6.07) is 8.24. The molecule has 1 aliphatic rings. The molecule has 1 aromatic carbocycles. The fourth-order valence-electron chi connectivity index (χ4n) is 2.45. The van der Waals surface area contributed by atoms with E-state index in [1.54, 1.807) is 0 Å². The Kier molecular flexibility index (Phi) is 5.43. The molecule has 19 heavy (non-hydrogen) atoms. The molecular formula is C16H24N2O. The number of ether oxygens (including phenoxy) is 1. The van der Waals surface area contributed by atoms with Crippen molar-refractivity contribution in [2.45, 2.75) is 19.9 Å². The fourth-order valence-corrected chi connectivity index (χ4v) is 2.45. The van der Waals surface area contributed by atoms with Crippen molar-refractivity contribution >= 4 is 0 Å². The van der Waals surface area contributed by atoms with Crippen LogP contribution in [0.3, 0.4) is 0 Å². The van der Waals surface area contributed by atoms with Gasteiger partial charge in [-0.05, 0) is 26.5 Å². The lowest BCUT2D eigenvalue weighted by Gasteiger charge is -2.25. The lowest BCUT2D eigenvalue weighted by atomic mass is 10.1. The molecule has 0 bridgehead atoms. The summed E-state index contributed by atoms with van der Waals surface area (Å²) in [4.78, 5) is 2.45. The van der Waals surface area contributed by atoms with Crippen molar-refractivity contribution in [3.05, 3.63) is 41.5 Å². The summed E-state index contributed by atoms with van der Waals surface area (Å²) in [6.07, 6.45) is 3.50. The Morgan fingerprint density at radius 3 is 2.95 bits per heavy atom. The molecule has 0 saturated heterocycles. The lowest BCUT2D eigenvalue weighted by Crippen LogP contribution is -2.33. The molecule has 0 amide bonds. The van der Waals surface area contributed by atoms with Gasteiger partial charge in [0, 0.05) is 31.7 Å². The third-order valence-corrected chi connectivity index (χ3v) is 3.42. The standard InChI is InChI=1S/C16H24N2O/c1-14-6-5-9-18(13-14)10-11-19-16-8-4-3-7-15(16)12-17-2/h3-4,6-8,17H,5,9-13H2,1-2H3. The van der Waals surface area contributed by atoms with E-state index in [1.807, 2.05) is 19.2 Å².